The van der Waals surface area contributed by atoms with Crippen molar-refractivity contribution >= 4 is 15.9 Å². The van der Waals surface area contributed by atoms with Gasteiger partial charge < -0.3 is 11.1 Å². The van der Waals surface area contributed by atoms with Gasteiger partial charge in [0, 0.05) is 31.6 Å². The van der Waals surface area contributed by atoms with Crippen molar-refractivity contribution in [3.05, 3.63) is 0 Å². The molecule has 1 unspecified atom stereocenters. The van der Waals surface area contributed by atoms with Gasteiger partial charge in [-0.25, -0.2) is 12.7 Å². The van der Waals surface area contributed by atoms with E-state index in [2.05, 4.69) is 5.32 Å². The van der Waals surface area contributed by atoms with E-state index in [1.165, 1.54) is 4.31 Å². The summed E-state index contributed by atoms with van der Waals surface area (Å²) in [4.78, 5) is 12.0. The van der Waals surface area contributed by atoms with E-state index in [1.54, 1.807) is 0 Å². The number of piperidine rings is 1. The predicted octanol–water partition coefficient (Wildman–Crippen LogP) is 0.682. The Kier molecular flexibility index (Phi) is 7.62. The summed E-state index contributed by atoms with van der Waals surface area (Å²) in [6.07, 6.45) is 3.54. The van der Waals surface area contributed by atoms with Crippen LogP contribution < -0.4 is 11.1 Å². The van der Waals surface area contributed by atoms with Crippen LogP contribution in [-0.2, 0) is 14.8 Å². The topological polar surface area (TPSA) is 92.5 Å². The Morgan fingerprint density at radius 3 is 2.52 bits per heavy atom. The van der Waals surface area contributed by atoms with Crippen LogP contribution in [0.4, 0.5) is 0 Å². The third-order valence-electron chi connectivity index (χ3n) is 3.87. The van der Waals surface area contributed by atoms with E-state index >= 15 is 0 Å². The number of hydrogen-bond donors (Lipinski definition) is 2. The molecule has 1 saturated heterocycles. The second-order valence-corrected chi connectivity index (χ2v) is 7.99. The quantitative estimate of drug-likeness (QED) is 0.688. The van der Waals surface area contributed by atoms with Crippen molar-refractivity contribution in [3.63, 3.8) is 0 Å². The molecule has 7 heteroatoms. The van der Waals surface area contributed by atoms with Crippen LogP contribution in [0.25, 0.3) is 0 Å². The first-order valence-corrected chi connectivity index (χ1v) is 9.49. The number of hydrogen-bond acceptors (Lipinski definition) is 4. The molecule has 1 aliphatic rings. The van der Waals surface area contributed by atoms with Crippen molar-refractivity contribution in [2.75, 3.05) is 25.4 Å². The maximum absolute atomic E-state index is 12.1. The first kappa shape index (κ1) is 18.4. The van der Waals surface area contributed by atoms with Gasteiger partial charge in [-0.2, -0.15) is 0 Å². The van der Waals surface area contributed by atoms with Crippen molar-refractivity contribution < 1.29 is 13.2 Å². The maximum Gasteiger partial charge on any atom is 0.223 e. The van der Waals surface area contributed by atoms with Gasteiger partial charge in [-0.15, -0.1) is 0 Å². The lowest BCUT2D eigenvalue weighted by molar-refractivity contribution is -0.126. The Morgan fingerprint density at radius 1 is 1.38 bits per heavy atom. The Labute approximate surface area is 128 Å². The highest BCUT2D eigenvalue weighted by atomic mass is 32.2. The molecule has 1 heterocycles. The minimum Gasteiger partial charge on any atom is -0.356 e. The fourth-order valence-electron chi connectivity index (χ4n) is 2.42. The molecular formula is C14H29N3O3S. The molecular weight excluding hydrogens is 290 g/mol. The van der Waals surface area contributed by atoms with E-state index in [9.17, 15) is 13.2 Å². The second kappa shape index (κ2) is 8.70. The van der Waals surface area contributed by atoms with Crippen molar-refractivity contribution in [2.45, 2.75) is 52.0 Å². The fourth-order valence-corrected chi connectivity index (χ4v) is 4.10. The number of rotatable bonds is 8. The molecule has 124 valence electrons. The Bertz CT molecular complexity index is 415. The van der Waals surface area contributed by atoms with E-state index in [1.807, 2.05) is 13.8 Å². The zero-order valence-corrected chi connectivity index (χ0v) is 14.0. The zero-order valence-electron chi connectivity index (χ0n) is 13.2. The minimum atomic E-state index is -3.14. The van der Waals surface area contributed by atoms with E-state index in [-0.39, 0.29) is 23.6 Å². The van der Waals surface area contributed by atoms with Gasteiger partial charge in [-0.1, -0.05) is 13.3 Å². The Hall–Kier alpha value is -0.660. The molecule has 1 fully saturated rings. The molecule has 0 bridgehead atoms. The summed E-state index contributed by atoms with van der Waals surface area (Å²) < 4.78 is 25.7. The lowest BCUT2D eigenvalue weighted by Gasteiger charge is -2.30. The van der Waals surface area contributed by atoms with Crippen LogP contribution in [0.1, 0.15) is 46.0 Å². The van der Waals surface area contributed by atoms with E-state index < -0.39 is 10.0 Å². The second-order valence-electron chi connectivity index (χ2n) is 5.90. The monoisotopic (exact) mass is 319 g/mol. The highest BCUT2D eigenvalue weighted by molar-refractivity contribution is 7.89. The average Bonchev–Trinajstić information content (AvgIpc) is 2.45. The standard InChI is InChI=1S/C14H29N3O3S/c1-3-4-11-21(19,20)17-9-6-13(7-10-17)14(18)16-8-5-12(2)15/h12-13H,3-11,15H2,1-2H3,(H,16,18). The molecule has 0 saturated carbocycles. The summed E-state index contributed by atoms with van der Waals surface area (Å²) in [5, 5.41) is 2.88. The molecule has 1 atom stereocenters. The number of nitrogens with two attached hydrogens (primary N) is 1. The van der Waals surface area contributed by atoms with Crippen LogP contribution in [0, 0.1) is 5.92 Å². The third kappa shape index (κ3) is 6.32. The van der Waals surface area contributed by atoms with Crippen LogP contribution in [0.2, 0.25) is 0 Å². The van der Waals surface area contributed by atoms with Gasteiger partial charge in [0.1, 0.15) is 0 Å². The maximum atomic E-state index is 12.1. The van der Waals surface area contributed by atoms with Crippen LogP contribution in [-0.4, -0.2) is 50.1 Å². The molecule has 1 rings (SSSR count). The highest BCUT2D eigenvalue weighted by Crippen LogP contribution is 2.20. The molecule has 0 aromatic rings. The highest BCUT2D eigenvalue weighted by Gasteiger charge is 2.30. The number of nitrogens with zero attached hydrogens (tertiary/aromatic N) is 1. The number of carbonyl (C=O) groups excluding carboxylic acids is 1. The smallest absolute Gasteiger partial charge is 0.223 e. The van der Waals surface area contributed by atoms with Gasteiger partial charge in [-0.3, -0.25) is 4.79 Å². The van der Waals surface area contributed by atoms with Gasteiger partial charge in [0.25, 0.3) is 0 Å². The number of nitrogens with one attached hydrogen (secondary N) is 1. The molecule has 3 N–H and O–H groups in total. The van der Waals surface area contributed by atoms with Gasteiger partial charge in [0.15, 0.2) is 0 Å². The summed E-state index contributed by atoms with van der Waals surface area (Å²) >= 11 is 0. The predicted molar refractivity (Wildman–Crippen MR) is 84.3 cm³/mol. The first-order valence-electron chi connectivity index (χ1n) is 7.88. The molecule has 1 amide bonds. The number of sulfonamides is 1. The van der Waals surface area contributed by atoms with Crippen LogP contribution >= 0.6 is 0 Å². The Balaban J connectivity index is 2.36. The summed E-state index contributed by atoms with van der Waals surface area (Å²) in [5.41, 5.74) is 5.64. The summed E-state index contributed by atoms with van der Waals surface area (Å²) in [5.74, 6) is 0.173. The van der Waals surface area contributed by atoms with Gasteiger partial charge >= 0.3 is 0 Å². The largest absolute Gasteiger partial charge is 0.356 e. The lowest BCUT2D eigenvalue weighted by Crippen LogP contribution is -2.44. The molecule has 6 nitrogen and oxygen atoms in total. The fraction of sp³-hybridized carbons (Fsp3) is 0.929. The van der Waals surface area contributed by atoms with Crippen LogP contribution in [0.3, 0.4) is 0 Å². The summed E-state index contributed by atoms with van der Waals surface area (Å²) in [6.45, 7) is 5.39. The SMILES string of the molecule is CCCCS(=O)(=O)N1CCC(C(=O)NCCC(C)N)CC1. The molecule has 0 spiro atoms. The Morgan fingerprint density at radius 2 is 2.00 bits per heavy atom. The first-order chi connectivity index (χ1) is 9.86. The van der Waals surface area contributed by atoms with E-state index in [0.717, 1.165) is 12.8 Å². The lowest BCUT2D eigenvalue weighted by atomic mass is 9.97. The molecule has 1 aliphatic heterocycles. The van der Waals surface area contributed by atoms with E-state index in [4.69, 9.17) is 5.73 Å². The van der Waals surface area contributed by atoms with Gasteiger partial charge in [0.05, 0.1) is 5.75 Å². The summed E-state index contributed by atoms with van der Waals surface area (Å²) in [7, 11) is -3.14. The number of amides is 1. The van der Waals surface area contributed by atoms with E-state index in [0.29, 0.717) is 38.9 Å². The van der Waals surface area contributed by atoms with Crippen molar-refractivity contribution in [3.8, 4) is 0 Å². The van der Waals surface area contributed by atoms with Crippen molar-refractivity contribution in [1.82, 2.24) is 9.62 Å². The molecule has 0 radical (unpaired) electrons. The van der Waals surface area contributed by atoms with Gasteiger partial charge in [0.2, 0.25) is 15.9 Å². The normalized spacial score (nSPS) is 19.4. The zero-order chi connectivity index (χ0) is 15.9. The van der Waals surface area contributed by atoms with Crippen molar-refractivity contribution in [2.24, 2.45) is 11.7 Å². The van der Waals surface area contributed by atoms with Gasteiger partial charge in [-0.05, 0) is 32.6 Å². The molecule has 21 heavy (non-hydrogen) atoms. The molecule has 0 aromatic heterocycles. The minimum absolute atomic E-state index is 0.0289. The number of carbonyl (C=O) groups is 1. The summed E-state index contributed by atoms with van der Waals surface area (Å²) in [6, 6.07) is 0.0795. The average molecular weight is 319 g/mol. The number of unbranched alkanes of at least 4 members (excludes halogenated alkanes) is 1. The third-order valence-corrected chi connectivity index (χ3v) is 5.83. The molecule has 0 aromatic carbocycles. The van der Waals surface area contributed by atoms with Crippen LogP contribution in [0.5, 0.6) is 0 Å². The molecule has 0 aliphatic carbocycles. The van der Waals surface area contributed by atoms with Crippen LogP contribution in [0.15, 0.2) is 0 Å². The van der Waals surface area contributed by atoms with Crippen molar-refractivity contribution in [1.29, 1.82) is 0 Å².